The second kappa shape index (κ2) is 7.59. The van der Waals surface area contributed by atoms with Crippen LogP contribution in [0.5, 0.6) is 0 Å². The van der Waals surface area contributed by atoms with Gasteiger partial charge in [0.25, 0.3) is 0 Å². The lowest BCUT2D eigenvalue weighted by atomic mass is 9.84. The molecule has 0 aliphatic heterocycles. The van der Waals surface area contributed by atoms with E-state index in [4.69, 9.17) is 10.2 Å². The van der Waals surface area contributed by atoms with E-state index in [1.807, 2.05) is 12.1 Å². The first-order chi connectivity index (χ1) is 8.53. The van der Waals surface area contributed by atoms with Crippen LogP contribution in [0.1, 0.15) is 45.8 Å². The topological polar surface area (TPSA) is 51.2 Å². The molecule has 0 bridgehead atoms. The largest absolute Gasteiger partial charge is 0.469 e. The van der Waals surface area contributed by atoms with E-state index in [0.717, 1.165) is 31.7 Å². The minimum Gasteiger partial charge on any atom is -0.469 e. The van der Waals surface area contributed by atoms with Crippen LogP contribution in [-0.2, 0) is 6.42 Å². The summed E-state index contributed by atoms with van der Waals surface area (Å²) in [6, 6.07) is 4.44. The van der Waals surface area contributed by atoms with Gasteiger partial charge in [0.2, 0.25) is 0 Å². The SMILES string of the molecule is CC(Cc1ccco1)NCCCC(C)(C)CCN. The zero-order chi connectivity index (χ0) is 13.4. The van der Waals surface area contributed by atoms with Crippen molar-refractivity contribution in [3.63, 3.8) is 0 Å². The molecule has 0 aliphatic rings. The van der Waals surface area contributed by atoms with Gasteiger partial charge in [0.05, 0.1) is 6.26 Å². The molecule has 3 N–H and O–H groups in total. The van der Waals surface area contributed by atoms with E-state index < -0.39 is 0 Å². The number of furan rings is 1. The Balaban J connectivity index is 2.10. The van der Waals surface area contributed by atoms with Crippen molar-refractivity contribution in [3.8, 4) is 0 Å². The molecule has 0 saturated carbocycles. The molecule has 3 heteroatoms. The normalized spacial score (nSPS) is 13.8. The summed E-state index contributed by atoms with van der Waals surface area (Å²) in [6.45, 7) is 8.65. The lowest BCUT2D eigenvalue weighted by Gasteiger charge is -2.24. The van der Waals surface area contributed by atoms with Crippen LogP contribution in [0.25, 0.3) is 0 Å². The highest BCUT2D eigenvalue weighted by molar-refractivity contribution is 4.99. The van der Waals surface area contributed by atoms with E-state index in [1.54, 1.807) is 6.26 Å². The molecule has 1 aromatic heterocycles. The van der Waals surface area contributed by atoms with Crippen LogP contribution in [-0.4, -0.2) is 19.1 Å². The van der Waals surface area contributed by atoms with Gasteiger partial charge in [-0.2, -0.15) is 0 Å². The van der Waals surface area contributed by atoms with Crippen molar-refractivity contribution in [2.45, 2.75) is 52.5 Å². The van der Waals surface area contributed by atoms with E-state index in [2.05, 4.69) is 26.1 Å². The molecule has 0 amide bonds. The van der Waals surface area contributed by atoms with E-state index in [0.29, 0.717) is 11.5 Å². The zero-order valence-corrected chi connectivity index (χ0v) is 12.0. The van der Waals surface area contributed by atoms with Crippen molar-refractivity contribution in [3.05, 3.63) is 24.2 Å². The quantitative estimate of drug-likeness (QED) is 0.664. The predicted octanol–water partition coefficient (Wildman–Crippen LogP) is 2.96. The third kappa shape index (κ3) is 6.22. The van der Waals surface area contributed by atoms with Gasteiger partial charge in [-0.15, -0.1) is 0 Å². The summed E-state index contributed by atoms with van der Waals surface area (Å²) in [5.74, 6) is 1.05. The average Bonchev–Trinajstić information content (AvgIpc) is 2.77. The standard InChI is InChI=1S/C15H28N2O/c1-13(12-14-6-4-11-18-14)17-10-5-7-15(2,3)8-9-16/h4,6,11,13,17H,5,7-10,12,16H2,1-3H3. The van der Waals surface area contributed by atoms with Gasteiger partial charge in [-0.25, -0.2) is 0 Å². The molecule has 1 rings (SSSR count). The van der Waals surface area contributed by atoms with E-state index in [-0.39, 0.29) is 0 Å². The van der Waals surface area contributed by atoms with E-state index in [1.165, 1.54) is 12.8 Å². The molecule has 1 atom stereocenters. The molecule has 3 nitrogen and oxygen atoms in total. The van der Waals surface area contributed by atoms with Gasteiger partial charge in [0.1, 0.15) is 5.76 Å². The van der Waals surface area contributed by atoms with Crippen LogP contribution in [0.3, 0.4) is 0 Å². The van der Waals surface area contributed by atoms with Gasteiger partial charge < -0.3 is 15.5 Å². The first-order valence-electron chi connectivity index (χ1n) is 6.99. The van der Waals surface area contributed by atoms with Crippen LogP contribution in [0, 0.1) is 5.41 Å². The van der Waals surface area contributed by atoms with Crippen LogP contribution >= 0.6 is 0 Å². The molecule has 0 aromatic carbocycles. The highest BCUT2D eigenvalue weighted by Gasteiger charge is 2.16. The maximum Gasteiger partial charge on any atom is 0.105 e. The maximum absolute atomic E-state index is 5.62. The number of nitrogens with two attached hydrogens (primary N) is 1. The van der Waals surface area contributed by atoms with Crippen LogP contribution in [0.2, 0.25) is 0 Å². The van der Waals surface area contributed by atoms with Crippen molar-refractivity contribution >= 4 is 0 Å². The fourth-order valence-corrected chi connectivity index (χ4v) is 2.23. The Morgan fingerprint density at radius 1 is 1.39 bits per heavy atom. The molecular weight excluding hydrogens is 224 g/mol. The van der Waals surface area contributed by atoms with Gasteiger partial charge >= 0.3 is 0 Å². The van der Waals surface area contributed by atoms with E-state index in [9.17, 15) is 0 Å². The Morgan fingerprint density at radius 2 is 2.17 bits per heavy atom. The Hall–Kier alpha value is -0.800. The van der Waals surface area contributed by atoms with Crippen molar-refractivity contribution in [2.24, 2.45) is 11.1 Å². The summed E-state index contributed by atoms with van der Waals surface area (Å²) in [5, 5.41) is 3.54. The molecule has 1 aromatic rings. The number of rotatable bonds is 9. The summed E-state index contributed by atoms with van der Waals surface area (Å²) in [5.41, 5.74) is 5.99. The van der Waals surface area contributed by atoms with Crippen molar-refractivity contribution in [1.29, 1.82) is 0 Å². The second-order valence-electron chi connectivity index (χ2n) is 5.95. The Morgan fingerprint density at radius 3 is 2.78 bits per heavy atom. The van der Waals surface area contributed by atoms with Crippen molar-refractivity contribution in [2.75, 3.05) is 13.1 Å². The molecule has 0 fully saturated rings. The van der Waals surface area contributed by atoms with Gasteiger partial charge in [-0.05, 0) is 56.8 Å². The average molecular weight is 252 g/mol. The summed E-state index contributed by atoms with van der Waals surface area (Å²) >= 11 is 0. The Bertz CT molecular complexity index is 306. The second-order valence-corrected chi connectivity index (χ2v) is 5.95. The fraction of sp³-hybridized carbons (Fsp3) is 0.733. The summed E-state index contributed by atoms with van der Waals surface area (Å²) < 4.78 is 5.34. The molecule has 0 spiro atoms. The van der Waals surface area contributed by atoms with Crippen LogP contribution in [0.15, 0.2) is 22.8 Å². The lowest BCUT2D eigenvalue weighted by molar-refractivity contribution is 0.299. The summed E-state index contributed by atoms with van der Waals surface area (Å²) in [6.07, 6.45) is 6.23. The molecule has 18 heavy (non-hydrogen) atoms. The van der Waals surface area contributed by atoms with Gasteiger partial charge in [-0.3, -0.25) is 0 Å². The first-order valence-corrected chi connectivity index (χ1v) is 6.99. The highest BCUT2D eigenvalue weighted by atomic mass is 16.3. The van der Waals surface area contributed by atoms with Crippen molar-refractivity contribution < 1.29 is 4.42 Å². The summed E-state index contributed by atoms with van der Waals surface area (Å²) in [7, 11) is 0. The molecular formula is C15H28N2O. The Kier molecular flexibility index (Phi) is 6.44. The predicted molar refractivity (Wildman–Crippen MR) is 76.6 cm³/mol. The third-order valence-corrected chi connectivity index (χ3v) is 3.43. The van der Waals surface area contributed by atoms with Gasteiger partial charge in [0.15, 0.2) is 0 Å². The Labute approximate surface area is 111 Å². The van der Waals surface area contributed by atoms with Crippen LogP contribution < -0.4 is 11.1 Å². The minimum atomic E-state index is 0.376. The third-order valence-electron chi connectivity index (χ3n) is 3.43. The number of hydrogen-bond donors (Lipinski definition) is 2. The molecule has 0 radical (unpaired) electrons. The fourth-order valence-electron chi connectivity index (χ4n) is 2.23. The highest BCUT2D eigenvalue weighted by Crippen LogP contribution is 2.25. The molecule has 0 saturated heterocycles. The number of hydrogen-bond acceptors (Lipinski definition) is 3. The number of nitrogens with one attached hydrogen (secondary N) is 1. The maximum atomic E-state index is 5.62. The van der Waals surface area contributed by atoms with Gasteiger partial charge in [0, 0.05) is 12.5 Å². The molecule has 1 unspecified atom stereocenters. The van der Waals surface area contributed by atoms with Crippen molar-refractivity contribution in [1.82, 2.24) is 5.32 Å². The minimum absolute atomic E-state index is 0.376. The monoisotopic (exact) mass is 252 g/mol. The molecule has 0 aliphatic carbocycles. The lowest BCUT2D eigenvalue weighted by Crippen LogP contribution is -2.29. The summed E-state index contributed by atoms with van der Waals surface area (Å²) in [4.78, 5) is 0. The van der Waals surface area contributed by atoms with Crippen LogP contribution in [0.4, 0.5) is 0 Å². The van der Waals surface area contributed by atoms with E-state index >= 15 is 0 Å². The molecule has 1 heterocycles. The zero-order valence-electron chi connectivity index (χ0n) is 12.0. The molecule has 104 valence electrons. The van der Waals surface area contributed by atoms with Gasteiger partial charge in [-0.1, -0.05) is 13.8 Å². The first kappa shape index (κ1) is 15.3. The smallest absolute Gasteiger partial charge is 0.105 e.